The van der Waals surface area contributed by atoms with Crippen molar-refractivity contribution in [2.24, 2.45) is 0 Å². The molecule has 3 nitrogen and oxygen atoms in total. The average molecular weight is 216 g/mol. The third-order valence-electron chi connectivity index (χ3n) is 0.801. The topological polar surface area (TPSA) is 51.8 Å². The van der Waals surface area contributed by atoms with Gasteiger partial charge in [-0.1, -0.05) is 0 Å². The van der Waals surface area contributed by atoms with Gasteiger partial charge in [-0.25, -0.2) is 0 Å². The minimum atomic E-state index is 0.363. The van der Waals surface area contributed by atoms with Gasteiger partial charge in [0.25, 0.3) is 0 Å². The van der Waals surface area contributed by atoms with Crippen LogP contribution in [0.4, 0.5) is 5.95 Å². The van der Waals surface area contributed by atoms with Crippen molar-refractivity contribution in [1.82, 2.24) is 9.97 Å². The van der Waals surface area contributed by atoms with E-state index in [1.807, 2.05) is 0 Å². The van der Waals surface area contributed by atoms with Crippen molar-refractivity contribution in [3.8, 4) is 0 Å². The maximum absolute atomic E-state index is 5.23. The van der Waals surface area contributed by atoms with Gasteiger partial charge in [-0.2, -0.15) is 0 Å². The molecular weight excluding hydrogens is 209 g/mol. The van der Waals surface area contributed by atoms with Crippen LogP contribution < -0.4 is 9.31 Å². The summed E-state index contributed by atoms with van der Waals surface area (Å²) in [7, 11) is 0. The van der Waals surface area contributed by atoms with Crippen molar-refractivity contribution in [1.29, 1.82) is 0 Å². The molecule has 0 unspecified atom stereocenters. The monoisotopic (exact) mass is 217 g/mol. The Kier molecular flexibility index (Phi) is 1.67. The van der Waals surface area contributed by atoms with Crippen LogP contribution >= 0.6 is 0 Å². The van der Waals surface area contributed by atoms with Gasteiger partial charge >= 0.3 is 60.1 Å². The fraction of sp³-hybridized carbons (Fsp3) is 0. The Morgan fingerprint density at radius 3 is 2.25 bits per heavy atom. The van der Waals surface area contributed by atoms with Crippen molar-refractivity contribution in [2.75, 3.05) is 5.73 Å². The van der Waals surface area contributed by atoms with Crippen LogP contribution in [0.5, 0.6) is 0 Å². The van der Waals surface area contributed by atoms with Gasteiger partial charge in [-0.05, 0) is 0 Å². The van der Waals surface area contributed by atoms with E-state index >= 15 is 0 Å². The normalized spacial score (nSPS) is 9.50. The summed E-state index contributed by atoms with van der Waals surface area (Å²) in [5, 5.41) is 0. The Bertz CT molecular complexity index is 150. The van der Waals surface area contributed by atoms with Crippen LogP contribution in [0.25, 0.3) is 0 Å². The molecule has 0 spiro atoms. The van der Waals surface area contributed by atoms with Crippen molar-refractivity contribution >= 4 is 32.1 Å². The predicted octanol–water partition coefficient (Wildman–Crippen LogP) is -1.95. The first-order valence-corrected chi connectivity index (χ1v) is 5.18. The Morgan fingerprint density at radius 2 is 1.88 bits per heavy atom. The summed E-state index contributed by atoms with van der Waals surface area (Å²) < 4.78 is 1.24. The number of hydrogen-bond acceptors (Lipinski definition) is 3. The molecule has 1 rings (SSSR count). The molecular formula is C4H7N3Sn. The maximum atomic E-state index is 5.23. The summed E-state index contributed by atoms with van der Waals surface area (Å²) >= 11 is 0.518. The summed E-state index contributed by atoms with van der Waals surface area (Å²) in [6.07, 6.45) is 3.55. The van der Waals surface area contributed by atoms with E-state index in [0.29, 0.717) is 28.5 Å². The summed E-state index contributed by atoms with van der Waals surface area (Å²) in [6.45, 7) is 0. The van der Waals surface area contributed by atoms with E-state index in [1.54, 1.807) is 12.4 Å². The second-order valence-electron chi connectivity index (χ2n) is 1.62. The first-order chi connectivity index (χ1) is 3.79. The zero-order chi connectivity index (χ0) is 5.98. The molecule has 0 aromatic carbocycles. The van der Waals surface area contributed by atoms with E-state index in [9.17, 15) is 0 Å². The molecule has 0 saturated heterocycles. The van der Waals surface area contributed by atoms with E-state index < -0.39 is 0 Å². The number of hydrogen-bond donors (Lipinski definition) is 1. The quantitative estimate of drug-likeness (QED) is 0.512. The van der Waals surface area contributed by atoms with Crippen molar-refractivity contribution in [2.45, 2.75) is 0 Å². The molecule has 0 radical (unpaired) electrons. The number of anilines is 1. The molecule has 8 heavy (non-hydrogen) atoms. The molecule has 1 aromatic heterocycles. The van der Waals surface area contributed by atoms with E-state index in [-0.39, 0.29) is 0 Å². The fourth-order valence-corrected chi connectivity index (χ4v) is 1.14. The van der Waals surface area contributed by atoms with Crippen LogP contribution in [0.3, 0.4) is 0 Å². The average Bonchev–Trinajstić information content (AvgIpc) is 1.77. The van der Waals surface area contributed by atoms with Gasteiger partial charge in [0.15, 0.2) is 0 Å². The Balaban J connectivity index is 3.03. The van der Waals surface area contributed by atoms with Gasteiger partial charge in [0.05, 0.1) is 0 Å². The molecule has 0 aliphatic rings. The van der Waals surface area contributed by atoms with Crippen molar-refractivity contribution < 1.29 is 0 Å². The molecule has 0 atom stereocenters. The Labute approximate surface area is 60.4 Å². The van der Waals surface area contributed by atoms with Crippen LogP contribution in [-0.2, 0) is 0 Å². The van der Waals surface area contributed by atoms with Gasteiger partial charge in [0.2, 0.25) is 0 Å². The van der Waals surface area contributed by atoms with Crippen LogP contribution in [0, 0.1) is 0 Å². The summed E-state index contributed by atoms with van der Waals surface area (Å²) in [4.78, 5) is 7.60. The SMILES string of the molecule is Nc1nc[c]([SnH3])cn1. The van der Waals surface area contributed by atoms with E-state index in [2.05, 4.69) is 9.97 Å². The van der Waals surface area contributed by atoms with Gasteiger partial charge < -0.3 is 0 Å². The Morgan fingerprint density at radius 1 is 1.38 bits per heavy atom. The summed E-state index contributed by atoms with van der Waals surface area (Å²) in [5.41, 5.74) is 5.23. The molecule has 1 aromatic rings. The first kappa shape index (κ1) is 5.81. The van der Waals surface area contributed by atoms with Gasteiger partial charge in [-0.3, -0.25) is 0 Å². The molecule has 4 heteroatoms. The number of aromatic nitrogens is 2. The number of rotatable bonds is 0. The van der Waals surface area contributed by atoms with Crippen LogP contribution in [0.15, 0.2) is 12.4 Å². The summed E-state index contributed by atoms with van der Waals surface area (Å²) in [6, 6.07) is 0. The van der Waals surface area contributed by atoms with Gasteiger partial charge in [-0.15, -0.1) is 0 Å². The summed E-state index contributed by atoms with van der Waals surface area (Å²) in [5.74, 6) is 0.363. The number of nitrogens with zero attached hydrogens (tertiary/aromatic N) is 2. The van der Waals surface area contributed by atoms with E-state index in [0.717, 1.165) is 0 Å². The standard InChI is InChI=1S/C4H4N3.Sn.3H/c5-4-6-2-1-3-7-4;;;;/h2-3H,(H2,5,6,7);;;;. The second kappa shape index (κ2) is 2.30. The van der Waals surface area contributed by atoms with E-state index in [1.165, 1.54) is 3.58 Å². The zero-order valence-electron chi connectivity index (χ0n) is 4.63. The van der Waals surface area contributed by atoms with Crippen LogP contribution in [-0.4, -0.2) is 32.5 Å². The van der Waals surface area contributed by atoms with Crippen molar-refractivity contribution in [3.63, 3.8) is 0 Å². The first-order valence-electron chi connectivity index (χ1n) is 2.33. The molecule has 0 aliphatic carbocycles. The van der Waals surface area contributed by atoms with Crippen LogP contribution in [0.2, 0.25) is 0 Å². The molecule has 2 N–H and O–H groups in total. The number of nitrogens with two attached hydrogens (primary N) is 1. The molecule has 0 bridgehead atoms. The van der Waals surface area contributed by atoms with Gasteiger partial charge in [0, 0.05) is 0 Å². The molecule has 0 amide bonds. The zero-order valence-corrected chi connectivity index (χ0v) is 10.3. The molecule has 0 saturated carbocycles. The minimum absolute atomic E-state index is 0.363. The molecule has 0 fully saturated rings. The number of nitrogen functional groups attached to an aromatic ring is 1. The van der Waals surface area contributed by atoms with Gasteiger partial charge in [0.1, 0.15) is 0 Å². The molecule has 0 aliphatic heterocycles. The fourth-order valence-electron chi connectivity index (χ4n) is 0.403. The second-order valence-corrected chi connectivity index (χ2v) is 4.91. The molecule has 1 heterocycles. The van der Waals surface area contributed by atoms with Crippen molar-refractivity contribution in [3.05, 3.63) is 12.4 Å². The third-order valence-corrected chi connectivity index (χ3v) is 2.27. The van der Waals surface area contributed by atoms with Crippen LogP contribution in [0.1, 0.15) is 0 Å². The van der Waals surface area contributed by atoms with E-state index in [4.69, 9.17) is 5.73 Å². The predicted molar refractivity (Wildman–Crippen MR) is 36.0 cm³/mol. The Hall–Kier alpha value is -0.321. The molecule has 42 valence electrons. The third kappa shape index (κ3) is 1.33.